The summed E-state index contributed by atoms with van der Waals surface area (Å²) < 4.78 is 0. The summed E-state index contributed by atoms with van der Waals surface area (Å²) in [7, 11) is 0. The number of thioether (sulfide) groups is 1. The third-order valence-electron chi connectivity index (χ3n) is 8.59. The number of rotatable bonds is 17. The van der Waals surface area contributed by atoms with Crippen LogP contribution in [-0.2, 0) is 16.0 Å². The largest absolute Gasteiger partial charge is 0.355 e. The average Bonchev–Trinajstić information content (AvgIpc) is 2.85. The van der Waals surface area contributed by atoms with Gasteiger partial charge in [0.1, 0.15) is 0 Å². The zero-order valence-electron chi connectivity index (χ0n) is 28.5. The van der Waals surface area contributed by atoms with Crippen molar-refractivity contribution in [3.05, 3.63) is 47.5 Å². The first kappa shape index (κ1) is 37.3. The molecule has 0 heterocycles. The fraction of sp³-hybridized carbons (Fsp3) is 0.722. The predicted molar refractivity (Wildman–Crippen MR) is 181 cm³/mol. The van der Waals surface area contributed by atoms with Crippen molar-refractivity contribution in [2.75, 3.05) is 24.6 Å². The number of amides is 2. The molecule has 0 aromatic heterocycles. The molecule has 0 fully saturated rings. The quantitative estimate of drug-likeness (QED) is 0.142. The molecule has 1 aromatic carbocycles. The molecule has 1 aromatic rings. The molecule has 0 saturated carbocycles. The molecule has 4 nitrogen and oxygen atoms in total. The van der Waals surface area contributed by atoms with Crippen LogP contribution in [0.3, 0.4) is 0 Å². The van der Waals surface area contributed by atoms with E-state index in [9.17, 15) is 9.59 Å². The highest BCUT2D eigenvalue weighted by atomic mass is 32.2. The van der Waals surface area contributed by atoms with Crippen LogP contribution < -0.4 is 10.6 Å². The highest BCUT2D eigenvalue weighted by Crippen LogP contribution is 2.50. The molecule has 0 aliphatic heterocycles. The number of allylic oxidation sites excluding steroid dienone is 2. The number of carbonyl (C=O) groups is 2. The smallest absolute Gasteiger partial charge is 0.227 e. The van der Waals surface area contributed by atoms with Crippen molar-refractivity contribution in [2.45, 2.75) is 115 Å². The highest BCUT2D eigenvalue weighted by Gasteiger charge is 2.43. The van der Waals surface area contributed by atoms with Crippen LogP contribution in [0.4, 0.5) is 0 Å². The van der Waals surface area contributed by atoms with Gasteiger partial charge in [-0.2, -0.15) is 11.8 Å². The second-order valence-corrected chi connectivity index (χ2v) is 16.3. The maximum atomic E-state index is 13.2. The Morgan fingerprint density at radius 1 is 0.878 bits per heavy atom. The zero-order chi connectivity index (χ0) is 31.5. The molecule has 5 heteroatoms. The van der Waals surface area contributed by atoms with Crippen molar-refractivity contribution in [1.29, 1.82) is 0 Å². The SMILES string of the molecule is CCC(C)(C=CCC(C)(C)C)C(C)(C)CC(C)(C)C(=O)NCCSCCNC(=O)C(C)c1ccc(CC(C)C)cc1. The lowest BCUT2D eigenvalue weighted by Crippen LogP contribution is -2.44. The molecule has 2 unspecified atom stereocenters. The van der Waals surface area contributed by atoms with Gasteiger partial charge in [-0.3, -0.25) is 9.59 Å². The number of hydrogen-bond acceptors (Lipinski definition) is 3. The molecule has 2 amide bonds. The van der Waals surface area contributed by atoms with Crippen LogP contribution in [0.2, 0.25) is 0 Å². The summed E-state index contributed by atoms with van der Waals surface area (Å²) in [5, 5.41) is 6.24. The summed E-state index contributed by atoms with van der Waals surface area (Å²) in [6.45, 7) is 27.8. The lowest BCUT2D eigenvalue weighted by Gasteiger charge is -2.46. The minimum Gasteiger partial charge on any atom is -0.355 e. The van der Waals surface area contributed by atoms with Gasteiger partial charge in [0, 0.05) is 30.0 Å². The Bertz CT molecular complexity index is 972. The second kappa shape index (κ2) is 16.2. The van der Waals surface area contributed by atoms with Crippen molar-refractivity contribution in [1.82, 2.24) is 10.6 Å². The maximum Gasteiger partial charge on any atom is 0.227 e. The number of hydrogen-bond donors (Lipinski definition) is 2. The third-order valence-corrected chi connectivity index (χ3v) is 9.58. The molecular formula is C36H62N2O2S. The van der Waals surface area contributed by atoms with Crippen molar-refractivity contribution < 1.29 is 9.59 Å². The molecule has 1 rings (SSSR count). The molecule has 0 saturated heterocycles. The van der Waals surface area contributed by atoms with Crippen LogP contribution in [-0.4, -0.2) is 36.4 Å². The molecule has 2 atom stereocenters. The van der Waals surface area contributed by atoms with Crippen LogP contribution >= 0.6 is 11.8 Å². The summed E-state index contributed by atoms with van der Waals surface area (Å²) in [5.74, 6) is 2.29. The third kappa shape index (κ3) is 13.0. The van der Waals surface area contributed by atoms with Crippen molar-refractivity contribution in [2.24, 2.45) is 27.6 Å². The first-order chi connectivity index (χ1) is 18.8. The molecule has 0 aliphatic rings. The standard InChI is InChI=1S/C36H62N2O2S/c1-13-36(12,20-14-19-33(5,6)7)35(10,11)26-34(8,9)32(40)38-22-24-41-23-21-37-31(39)28(4)30-17-15-29(16-18-30)25-27(2)3/h14-18,20,27-28H,13,19,21-26H2,1-12H3,(H,37,39)(H,38,40). The monoisotopic (exact) mass is 586 g/mol. The summed E-state index contributed by atoms with van der Waals surface area (Å²) >= 11 is 1.76. The Morgan fingerprint density at radius 2 is 1.44 bits per heavy atom. The molecule has 0 bridgehead atoms. The van der Waals surface area contributed by atoms with Gasteiger partial charge in [-0.05, 0) is 65.9 Å². The zero-order valence-corrected chi connectivity index (χ0v) is 29.3. The Balaban J connectivity index is 2.45. The van der Waals surface area contributed by atoms with Crippen LogP contribution in [0.15, 0.2) is 36.4 Å². The normalized spacial score (nSPS) is 15.1. The van der Waals surface area contributed by atoms with Gasteiger partial charge in [0.2, 0.25) is 11.8 Å². The van der Waals surface area contributed by atoms with E-state index in [0.29, 0.717) is 19.0 Å². The first-order valence-electron chi connectivity index (χ1n) is 15.7. The lowest BCUT2D eigenvalue weighted by atomic mass is 9.59. The van der Waals surface area contributed by atoms with Crippen LogP contribution in [0.25, 0.3) is 0 Å². The Hall–Kier alpha value is -1.75. The van der Waals surface area contributed by atoms with E-state index in [2.05, 4.69) is 123 Å². The molecule has 0 radical (unpaired) electrons. The van der Waals surface area contributed by atoms with E-state index >= 15 is 0 Å². The average molecular weight is 587 g/mol. The van der Waals surface area contributed by atoms with E-state index < -0.39 is 5.41 Å². The minimum absolute atomic E-state index is 0.0186. The van der Waals surface area contributed by atoms with E-state index in [4.69, 9.17) is 0 Å². The van der Waals surface area contributed by atoms with Crippen molar-refractivity contribution in [3.8, 4) is 0 Å². The van der Waals surface area contributed by atoms with Gasteiger partial charge < -0.3 is 10.6 Å². The van der Waals surface area contributed by atoms with Gasteiger partial charge in [0.15, 0.2) is 0 Å². The molecule has 0 spiro atoms. The Kier molecular flexibility index (Phi) is 14.7. The predicted octanol–water partition coefficient (Wildman–Crippen LogP) is 8.81. The fourth-order valence-corrected chi connectivity index (χ4v) is 6.12. The first-order valence-corrected chi connectivity index (χ1v) is 16.9. The Morgan fingerprint density at radius 3 is 1.95 bits per heavy atom. The molecular weight excluding hydrogens is 524 g/mol. The Labute approximate surface area is 257 Å². The summed E-state index contributed by atoms with van der Waals surface area (Å²) in [6.07, 6.45) is 8.69. The molecule has 2 N–H and O–H groups in total. The van der Waals surface area contributed by atoms with Gasteiger partial charge in [0.05, 0.1) is 5.92 Å². The van der Waals surface area contributed by atoms with Crippen LogP contribution in [0, 0.1) is 27.6 Å². The van der Waals surface area contributed by atoms with E-state index in [0.717, 1.165) is 42.8 Å². The fourth-order valence-electron chi connectivity index (χ4n) is 5.42. The second-order valence-electron chi connectivity index (χ2n) is 15.1. The van der Waals surface area contributed by atoms with E-state index in [1.807, 2.05) is 6.92 Å². The summed E-state index contributed by atoms with van der Waals surface area (Å²) in [5.41, 5.74) is 2.17. The number of nitrogens with one attached hydrogen (secondary N) is 2. The van der Waals surface area contributed by atoms with Crippen molar-refractivity contribution >= 4 is 23.6 Å². The van der Waals surface area contributed by atoms with E-state index in [1.54, 1.807) is 11.8 Å². The topological polar surface area (TPSA) is 58.2 Å². The molecule has 0 aliphatic carbocycles. The van der Waals surface area contributed by atoms with Crippen LogP contribution in [0.5, 0.6) is 0 Å². The lowest BCUT2D eigenvalue weighted by molar-refractivity contribution is -0.131. The van der Waals surface area contributed by atoms with Gasteiger partial charge in [-0.1, -0.05) is 113 Å². The number of benzene rings is 1. The number of carbonyl (C=O) groups excluding carboxylic acids is 2. The van der Waals surface area contributed by atoms with Gasteiger partial charge >= 0.3 is 0 Å². The molecule has 41 heavy (non-hydrogen) atoms. The van der Waals surface area contributed by atoms with Crippen LogP contribution in [0.1, 0.15) is 119 Å². The van der Waals surface area contributed by atoms with Gasteiger partial charge in [0.25, 0.3) is 0 Å². The minimum atomic E-state index is -0.459. The summed E-state index contributed by atoms with van der Waals surface area (Å²) in [4.78, 5) is 25.8. The highest BCUT2D eigenvalue weighted by molar-refractivity contribution is 7.99. The van der Waals surface area contributed by atoms with Gasteiger partial charge in [-0.25, -0.2) is 0 Å². The summed E-state index contributed by atoms with van der Waals surface area (Å²) in [6, 6.07) is 8.43. The van der Waals surface area contributed by atoms with Gasteiger partial charge in [-0.15, -0.1) is 0 Å². The van der Waals surface area contributed by atoms with E-state index in [1.165, 1.54) is 5.56 Å². The maximum absolute atomic E-state index is 13.2. The van der Waals surface area contributed by atoms with E-state index in [-0.39, 0.29) is 34.0 Å². The van der Waals surface area contributed by atoms with Crippen molar-refractivity contribution in [3.63, 3.8) is 0 Å². The molecule has 234 valence electrons.